The summed E-state index contributed by atoms with van der Waals surface area (Å²) in [5.41, 5.74) is 5.36. The van der Waals surface area contributed by atoms with Crippen LogP contribution in [0.3, 0.4) is 0 Å². The summed E-state index contributed by atoms with van der Waals surface area (Å²) < 4.78 is 1.88. The minimum absolute atomic E-state index is 0.469. The minimum Gasteiger partial charge on any atom is -0.384 e. The topological polar surface area (TPSA) is 64.1 Å². The highest BCUT2D eigenvalue weighted by atomic mass is 16.3. The van der Waals surface area contributed by atoms with Crippen molar-refractivity contribution in [1.29, 1.82) is 0 Å². The van der Waals surface area contributed by atoms with Gasteiger partial charge in [0.15, 0.2) is 0 Å². The Hall–Kier alpha value is -0.870. The van der Waals surface area contributed by atoms with E-state index in [4.69, 9.17) is 5.73 Å². The van der Waals surface area contributed by atoms with E-state index in [2.05, 4.69) is 4.98 Å². The molecule has 0 aromatic carbocycles. The van der Waals surface area contributed by atoms with Crippen LogP contribution in [0.15, 0.2) is 6.20 Å². The number of rotatable bonds is 3. The van der Waals surface area contributed by atoms with E-state index in [9.17, 15) is 5.11 Å². The molecule has 0 bridgehead atoms. The van der Waals surface area contributed by atoms with E-state index in [0.29, 0.717) is 13.0 Å². The highest BCUT2D eigenvalue weighted by Crippen LogP contribution is 2.23. The van der Waals surface area contributed by atoms with Crippen molar-refractivity contribution in [2.45, 2.75) is 25.9 Å². The number of hydrogen-bond donors (Lipinski definition) is 2. The minimum atomic E-state index is -0.870. The van der Waals surface area contributed by atoms with Crippen molar-refractivity contribution in [2.24, 2.45) is 12.8 Å². The maximum absolute atomic E-state index is 10.0. The van der Waals surface area contributed by atoms with E-state index in [1.165, 1.54) is 0 Å². The van der Waals surface area contributed by atoms with Gasteiger partial charge < -0.3 is 15.4 Å². The molecule has 4 nitrogen and oxygen atoms in total. The Balaban J connectivity index is 2.99. The number of imidazole rings is 1. The van der Waals surface area contributed by atoms with Gasteiger partial charge in [0.1, 0.15) is 11.4 Å². The van der Waals surface area contributed by atoms with Gasteiger partial charge in [-0.05, 0) is 26.8 Å². The molecule has 0 aliphatic rings. The molecule has 1 rings (SSSR count). The van der Waals surface area contributed by atoms with Crippen molar-refractivity contribution in [3.8, 4) is 0 Å². The summed E-state index contributed by atoms with van der Waals surface area (Å²) in [5.74, 6) is 0.896. The molecule has 0 aliphatic carbocycles. The van der Waals surface area contributed by atoms with Gasteiger partial charge in [-0.15, -0.1) is 0 Å². The maximum atomic E-state index is 10.0. The molecule has 0 amide bonds. The lowest BCUT2D eigenvalue weighted by atomic mass is 9.99. The molecule has 1 atom stereocenters. The first-order valence-electron chi connectivity index (χ1n) is 4.40. The molecule has 1 aromatic rings. The lowest BCUT2D eigenvalue weighted by Gasteiger charge is -2.22. The van der Waals surface area contributed by atoms with Gasteiger partial charge in [0.25, 0.3) is 0 Å². The van der Waals surface area contributed by atoms with Crippen molar-refractivity contribution < 1.29 is 5.11 Å². The fourth-order valence-electron chi connectivity index (χ4n) is 1.41. The third-order valence-electron chi connectivity index (χ3n) is 2.40. The van der Waals surface area contributed by atoms with E-state index in [0.717, 1.165) is 11.5 Å². The zero-order valence-corrected chi connectivity index (χ0v) is 8.41. The SMILES string of the molecule is Cc1ncc(C(C)(O)CCN)n1C. The van der Waals surface area contributed by atoms with Crippen LogP contribution in [0.1, 0.15) is 24.9 Å². The Labute approximate surface area is 78.4 Å². The van der Waals surface area contributed by atoms with Crippen molar-refractivity contribution in [3.63, 3.8) is 0 Å². The Morgan fingerprint density at radius 2 is 2.31 bits per heavy atom. The summed E-state index contributed by atoms with van der Waals surface area (Å²) in [6, 6.07) is 0. The summed E-state index contributed by atoms with van der Waals surface area (Å²) in [6.07, 6.45) is 2.25. The van der Waals surface area contributed by atoms with Crippen LogP contribution >= 0.6 is 0 Å². The molecule has 0 saturated heterocycles. The zero-order valence-electron chi connectivity index (χ0n) is 8.41. The second-order valence-corrected chi connectivity index (χ2v) is 3.56. The van der Waals surface area contributed by atoms with Gasteiger partial charge in [0.2, 0.25) is 0 Å². The highest BCUT2D eigenvalue weighted by Gasteiger charge is 2.25. The largest absolute Gasteiger partial charge is 0.384 e. The summed E-state index contributed by atoms with van der Waals surface area (Å²) >= 11 is 0. The Morgan fingerprint density at radius 1 is 1.69 bits per heavy atom. The lowest BCUT2D eigenvalue weighted by Crippen LogP contribution is -2.27. The van der Waals surface area contributed by atoms with Gasteiger partial charge in [0.05, 0.1) is 11.9 Å². The first-order chi connectivity index (χ1) is 5.99. The molecule has 0 aliphatic heterocycles. The molecule has 0 radical (unpaired) electrons. The van der Waals surface area contributed by atoms with Gasteiger partial charge in [-0.3, -0.25) is 0 Å². The summed E-state index contributed by atoms with van der Waals surface area (Å²) in [4.78, 5) is 4.13. The van der Waals surface area contributed by atoms with Crippen LogP contribution in [0.4, 0.5) is 0 Å². The second kappa shape index (κ2) is 3.47. The van der Waals surface area contributed by atoms with Crippen molar-refractivity contribution in [1.82, 2.24) is 9.55 Å². The van der Waals surface area contributed by atoms with Gasteiger partial charge >= 0.3 is 0 Å². The molecular weight excluding hydrogens is 166 g/mol. The molecular formula is C9H17N3O. The van der Waals surface area contributed by atoms with E-state index in [1.807, 2.05) is 18.5 Å². The van der Waals surface area contributed by atoms with Crippen LogP contribution in [0.25, 0.3) is 0 Å². The molecule has 13 heavy (non-hydrogen) atoms. The predicted molar refractivity (Wildman–Crippen MR) is 51.2 cm³/mol. The predicted octanol–water partition coefficient (Wildman–Crippen LogP) is 0.285. The molecule has 0 spiro atoms. The third kappa shape index (κ3) is 1.89. The van der Waals surface area contributed by atoms with E-state index in [-0.39, 0.29) is 0 Å². The fraction of sp³-hybridized carbons (Fsp3) is 0.667. The van der Waals surface area contributed by atoms with Crippen molar-refractivity contribution in [3.05, 3.63) is 17.7 Å². The molecule has 4 heteroatoms. The van der Waals surface area contributed by atoms with Crippen molar-refractivity contribution in [2.75, 3.05) is 6.54 Å². The maximum Gasteiger partial charge on any atom is 0.105 e. The number of aromatic nitrogens is 2. The fourth-order valence-corrected chi connectivity index (χ4v) is 1.41. The van der Waals surface area contributed by atoms with Crippen LogP contribution in [-0.4, -0.2) is 21.2 Å². The first kappa shape index (κ1) is 10.2. The quantitative estimate of drug-likeness (QED) is 0.707. The van der Waals surface area contributed by atoms with Crippen LogP contribution in [0, 0.1) is 6.92 Å². The molecule has 74 valence electrons. The van der Waals surface area contributed by atoms with Crippen LogP contribution in [0.5, 0.6) is 0 Å². The first-order valence-corrected chi connectivity index (χ1v) is 4.40. The average Bonchev–Trinajstić information content (AvgIpc) is 2.33. The van der Waals surface area contributed by atoms with Gasteiger partial charge in [-0.2, -0.15) is 0 Å². The number of nitrogens with zero attached hydrogens (tertiary/aromatic N) is 2. The molecule has 1 unspecified atom stereocenters. The molecule has 0 fully saturated rings. The van der Waals surface area contributed by atoms with Gasteiger partial charge in [0, 0.05) is 7.05 Å². The van der Waals surface area contributed by atoms with E-state index < -0.39 is 5.60 Å². The smallest absolute Gasteiger partial charge is 0.105 e. The third-order valence-corrected chi connectivity index (χ3v) is 2.40. The Morgan fingerprint density at radius 3 is 2.69 bits per heavy atom. The Kier molecular flexibility index (Phi) is 2.73. The normalized spacial score (nSPS) is 15.8. The van der Waals surface area contributed by atoms with Crippen molar-refractivity contribution >= 4 is 0 Å². The number of hydrogen-bond acceptors (Lipinski definition) is 3. The summed E-state index contributed by atoms with van der Waals surface area (Å²) in [6.45, 7) is 4.13. The van der Waals surface area contributed by atoms with E-state index >= 15 is 0 Å². The Bertz CT molecular complexity index is 291. The zero-order chi connectivity index (χ0) is 10.1. The van der Waals surface area contributed by atoms with Crippen LogP contribution in [-0.2, 0) is 12.6 Å². The molecule has 3 N–H and O–H groups in total. The standard InChI is InChI=1S/C9H17N3O/c1-7-11-6-8(12(7)3)9(2,13)4-5-10/h6,13H,4-5,10H2,1-3H3. The van der Waals surface area contributed by atoms with Gasteiger partial charge in [-0.25, -0.2) is 4.98 Å². The lowest BCUT2D eigenvalue weighted by molar-refractivity contribution is 0.0428. The second-order valence-electron chi connectivity index (χ2n) is 3.56. The number of aryl methyl sites for hydroxylation is 1. The molecule has 1 aromatic heterocycles. The van der Waals surface area contributed by atoms with E-state index in [1.54, 1.807) is 13.1 Å². The van der Waals surface area contributed by atoms with Crippen LogP contribution in [0.2, 0.25) is 0 Å². The number of aliphatic hydroxyl groups is 1. The number of nitrogens with two attached hydrogens (primary N) is 1. The molecule has 1 heterocycles. The molecule has 0 saturated carbocycles. The summed E-state index contributed by atoms with van der Waals surface area (Å²) in [5, 5.41) is 10.0. The summed E-state index contributed by atoms with van der Waals surface area (Å²) in [7, 11) is 1.89. The average molecular weight is 183 g/mol. The van der Waals surface area contributed by atoms with Gasteiger partial charge in [-0.1, -0.05) is 0 Å². The van der Waals surface area contributed by atoms with Crippen LogP contribution < -0.4 is 5.73 Å². The highest BCUT2D eigenvalue weighted by molar-refractivity contribution is 5.12. The monoisotopic (exact) mass is 183 g/mol.